The minimum absolute atomic E-state index is 0.0409. The van der Waals surface area contributed by atoms with Crippen LogP contribution in [0.2, 0.25) is 0 Å². The number of nitrogens with zero attached hydrogens (tertiary/aromatic N) is 2. The molecule has 2 aliphatic rings. The van der Waals surface area contributed by atoms with E-state index in [1.54, 1.807) is 0 Å². The Morgan fingerprint density at radius 2 is 1.84 bits per heavy atom. The fourth-order valence-electron chi connectivity index (χ4n) is 2.93. The Bertz CT molecular complexity index is 540. The Balaban J connectivity index is 0.00000109. The van der Waals surface area contributed by atoms with Crippen LogP contribution in [0.25, 0.3) is 0 Å². The van der Waals surface area contributed by atoms with Crippen LogP contribution in [0, 0.1) is 5.92 Å². The monoisotopic (exact) mass is 365 g/mol. The van der Waals surface area contributed by atoms with Gasteiger partial charge in [-0.25, -0.2) is 9.97 Å². The molecule has 4 atom stereocenters. The van der Waals surface area contributed by atoms with Crippen LogP contribution in [0.4, 0.5) is 19.0 Å². The highest BCUT2D eigenvalue weighted by atomic mass is 19.4. The molecule has 1 saturated heterocycles. The van der Waals surface area contributed by atoms with Gasteiger partial charge in [-0.15, -0.1) is 0 Å². The standard InChI is InChI=1S/C14H18F3N3O3.CH4O/c15-14(16,17)9-4-19-10(5-18-9)20-11-12(22)8(21)6-23-13(11)7-2-1-3-7;1-2/h4-5,7-8,11-13,21-22H,1-3,6H2,(H,19,20);2H,1H3. The van der Waals surface area contributed by atoms with Gasteiger partial charge in [0, 0.05) is 7.11 Å². The van der Waals surface area contributed by atoms with E-state index in [9.17, 15) is 23.4 Å². The van der Waals surface area contributed by atoms with Crippen molar-refractivity contribution in [2.75, 3.05) is 19.0 Å². The lowest BCUT2D eigenvalue weighted by Crippen LogP contribution is -2.59. The Labute approximate surface area is 142 Å². The van der Waals surface area contributed by atoms with E-state index in [1.807, 2.05) is 0 Å². The smallest absolute Gasteiger partial charge is 0.400 e. The van der Waals surface area contributed by atoms with Gasteiger partial charge in [0.05, 0.1) is 31.1 Å². The molecule has 0 bridgehead atoms. The third-order valence-corrected chi connectivity index (χ3v) is 4.45. The molecule has 1 aliphatic heterocycles. The molecule has 7 nitrogen and oxygen atoms in total. The van der Waals surface area contributed by atoms with Crippen molar-refractivity contribution >= 4 is 5.82 Å². The molecule has 0 spiro atoms. The van der Waals surface area contributed by atoms with Crippen LogP contribution in [0.3, 0.4) is 0 Å². The maximum Gasteiger partial charge on any atom is 0.434 e. The summed E-state index contributed by atoms with van der Waals surface area (Å²) in [5.41, 5.74) is -1.08. The maximum atomic E-state index is 12.5. The molecule has 1 saturated carbocycles. The van der Waals surface area contributed by atoms with Crippen LogP contribution in [0.5, 0.6) is 0 Å². The molecule has 1 aromatic heterocycles. The van der Waals surface area contributed by atoms with E-state index in [2.05, 4.69) is 15.3 Å². The highest BCUT2D eigenvalue weighted by Crippen LogP contribution is 2.36. The van der Waals surface area contributed by atoms with E-state index in [1.165, 1.54) is 0 Å². The lowest BCUT2D eigenvalue weighted by atomic mass is 9.76. The van der Waals surface area contributed by atoms with Gasteiger partial charge in [0.15, 0.2) is 5.69 Å². The summed E-state index contributed by atoms with van der Waals surface area (Å²) in [7, 11) is 1.00. The highest BCUT2D eigenvalue weighted by Gasteiger charge is 2.44. The predicted octanol–water partition coefficient (Wildman–Crippen LogP) is 0.805. The number of hydrogen-bond donors (Lipinski definition) is 4. The van der Waals surface area contributed by atoms with Gasteiger partial charge in [0.1, 0.15) is 18.0 Å². The van der Waals surface area contributed by atoms with Crippen molar-refractivity contribution in [3.8, 4) is 0 Å². The zero-order valence-electron chi connectivity index (χ0n) is 13.6. The summed E-state index contributed by atoms with van der Waals surface area (Å²) < 4.78 is 43.1. The molecule has 0 radical (unpaired) electrons. The average Bonchev–Trinajstić information content (AvgIpc) is 2.54. The minimum atomic E-state index is -4.55. The fraction of sp³-hybridized carbons (Fsp3) is 0.733. The van der Waals surface area contributed by atoms with Crippen molar-refractivity contribution in [3.05, 3.63) is 18.1 Å². The largest absolute Gasteiger partial charge is 0.434 e. The predicted molar refractivity (Wildman–Crippen MR) is 81.7 cm³/mol. The normalized spacial score (nSPS) is 30.0. The third-order valence-electron chi connectivity index (χ3n) is 4.45. The van der Waals surface area contributed by atoms with E-state index in [0.717, 1.165) is 32.6 Å². The van der Waals surface area contributed by atoms with Crippen molar-refractivity contribution in [1.82, 2.24) is 9.97 Å². The van der Waals surface area contributed by atoms with Crippen LogP contribution < -0.4 is 5.32 Å². The van der Waals surface area contributed by atoms with Crippen molar-refractivity contribution in [1.29, 1.82) is 0 Å². The molecular formula is C15H22F3N3O4. The van der Waals surface area contributed by atoms with E-state index >= 15 is 0 Å². The lowest BCUT2D eigenvalue weighted by Gasteiger charge is -2.45. The summed E-state index contributed by atoms with van der Waals surface area (Å²) in [6.07, 6.45) is -2.40. The summed E-state index contributed by atoms with van der Waals surface area (Å²) >= 11 is 0. The number of aliphatic hydroxyl groups is 3. The second-order valence-electron chi connectivity index (χ2n) is 6.00. The summed E-state index contributed by atoms with van der Waals surface area (Å²) in [4.78, 5) is 7.02. The van der Waals surface area contributed by atoms with Gasteiger partial charge in [-0.05, 0) is 18.8 Å². The number of aromatic nitrogens is 2. The van der Waals surface area contributed by atoms with Crippen LogP contribution >= 0.6 is 0 Å². The number of halogens is 3. The van der Waals surface area contributed by atoms with Gasteiger partial charge < -0.3 is 25.4 Å². The first-order chi connectivity index (χ1) is 11.9. The molecule has 10 heteroatoms. The Hall–Kier alpha value is -1.49. The van der Waals surface area contributed by atoms with Gasteiger partial charge in [-0.1, -0.05) is 6.42 Å². The van der Waals surface area contributed by atoms with Crippen LogP contribution in [0.1, 0.15) is 25.0 Å². The molecule has 142 valence electrons. The molecule has 2 heterocycles. The molecule has 25 heavy (non-hydrogen) atoms. The van der Waals surface area contributed by atoms with E-state index in [4.69, 9.17) is 9.84 Å². The van der Waals surface area contributed by atoms with E-state index < -0.39 is 30.1 Å². The molecular weight excluding hydrogens is 343 g/mol. The summed E-state index contributed by atoms with van der Waals surface area (Å²) in [5.74, 6) is 0.362. The molecule has 0 amide bonds. The lowest BCUT2D eigenvalue weighted by molar-refractivity contribution is -0.151. The maximum absolute atomic E-state index is 12.5. The Morgan fingerprint density at radius 3 is 2.32 bits per heavy atom. The first kappa shape index (κ1) is 19.8. The SMILES string of the molecule is CO.OC1COC(C2CCC2)C(Nc2cnc(C(F)(F)F)cn2)C1O. The zero-order chi connectivity index (χ0) is 18.6. The number of aliphatic hydroxyl groups excluding tert-OH is 3. The highest BCUT2D eigenvalue weighted by molar-refractivity contribution is 5.34. The van der Waals surface area contributed by atoms with E-state index in [0.29, 0.717) is 6.20 Å². The first-order valence-electron chi connectivity index (χ1n) is 7.94. The quantitative estimate of drug-likeness (QED) is 0.628. The van der Waals surface area contributed by atoms with Gasteiger partial charge in [-0.2, -0.15) is 13.2 Å². The van der Waals surface area contributed by atoms with Gasteiger partial charge in [0.2, 0.25) is 0 Å². The topological polar surface area (TPSA) is 108 Å². The number of rotatable bonds is 3. The average molecular weight is 365 g/mol. The summed E-state index contributed by atoms with van der Waals surface area (Å²) in [6.45, 7) is 0.0409. The van der Waals surface area contributed by atoms with E-state index in [-0.39, 0.29) is 24.4 Å². The zero-order valence-corrected chi connectivity index (χ0v) is 13.6. The van der Waals surface area contributed by atoms with Gasteiger partial charge in [-0.3, -0.25) is 0 Å². The second kappa shape index (κ2) is 8.26. The van der Waals surface area contributed by atoms with Crippen LogP contribution in [-0.4, -0.2) is 63.4 Å². The number of nitrogens with one attached hydrogen (secondary N) is 1. The molecule has 4 N–H and O–H groups in total. The van der Waals surface area contributed by atoms with Crippen molar-refractivity contribution < 1.29 is 33.2 Å². The Kier molecular flexibility index (Phi) is 6.55. The van der Waals surface area contributed by atoms with Gasteiger partial charge in [0.25, 0.3) is 0 Å². The molecule has 2 fully saturated rings. The second-order valence-corrected chi connectivity index (χ2v) is 6.00. The van der Waals surface area contributed by atoms with Gasteiger partial charge >= 0.3 is 6.18 Å². The molecule has 3 rings (SSSR count). The number of hydrogen-bond acceptors (Lipinski definition) is 7. The number of anilines is 1. The fourth-order valence-corrected chi connectivity index (χ4v) is 2.93. The number of alkyl halides is 3. The first-order valence-corrected chi connectivity index (χ1v) is 7.94. The number of ether oxygens (including phenoxy) is 1. The minimum Gasteiger partial charge on any atom is -0.400 e. The third kappa shape index (κ3) is 4.57. The van der Waals surface area contributed by atoms with Crippen LogP contribution in [0.15, 0.2) is 12.4 Å². The molecule has 4 unspecified atom stereocenters. The summed E-state index contributed by atoms with van der Waals surface area (Å²) in [6, 6.07) is -0.643. The van der Waals surface area contributed by atoms with Crippen molar-refractivity contribution in [2.24, 2.45) is 5.92 Å². The van der Waals surface area contributed by atoms with Crippen LogP contribution in [-0.2, 0) is 10.9 Å². The molecule has 1 aromatic rings. The summed E-state index contributed by atoms with van der Waals surface area (Å²) in [5, 5.41) is 29.8. The molecule has 0 aromatic carbocycles. The van der Waals surface area contributed by atoms with Crippen molar-refractivity contribution in [2.45, 2.75) is 49.8 Å². The molecule has 1 aliphatic carbocycles. The van der Waals surface area contributed by atoms with Crippen molar-refractivity contribution in [3.63, 3.8) is 0 Å². The Morgan fingerprint density at radius 1 is 1.16 bits per heavy atom.